The van der Waals surface area contributed by atoms with E-state index in [1.165, 1.54) is 0 Å². The Morgan fingerprint density at radius 1 is 1.62 bits per heavy atom. The van der Waals surface area contributed by atoms with Gasteiger partial charge >= 0.3 is 5.97 Å². The molecule has 0 aromatic rings. The third-order valence-corrected chi connectivity index (χ3v) is 1.86. The number of rotatable bonds is 5. The summed E-state index contributed by atoms with van der Waals surface area (Å²) >= 11 is 5.53. The number of carbonyl (C=O) groups excluding carboxylic acids is 1. The van der Waals surface area contributed by atoms with Gasteiger partial charge in [0.1, 0.15) is 12.6 Å². The van der Waals surface area contributed by atoms with Crippen LogP contribution < -0.4 is 5.73 Å². The highest BCUT2D eigenvalue weighted by molar-refractivity contribution is 6.20. The van der Waals surface area contributed by atoms with Crippen LogP contribution in [0.3, 0.4) is 0 Å². The van der Waals surface area contributed by atoms with E-state index in [0.29, 0.717) is 0 Å². The normalized spacial score (nSPS) is 15.5. The quantitative estimate of drug-likeness (QED) is 0.498. The highest BCUT2D eigenvalue weighted by Gasteiger charge is 2.19. The minimum atomic E-state index is -0.623. The lowest BCUT2D eigenvalue weighted by atomic mass is 10.1. The van der Waals surface area contributed by atoms with E-state index in [4.69, 9.17) is 27.2 Å². The molecule has 0 spiro atoms. The second kappa shape index (κ2) is 6.18. The highest BCUT2D eigenvalue weighted by atomic mass is 35.5. The number of carbonyl (C=O) groups is 1. The predicted molar refractivity (Wildman–Crippen MR) is 50.5 cm³/mol. The van der Waals surface area contributed by atoms with Crippen molar-refractivity contribution in [2.24, 2.45) is 11.7 Å². The minimum Gasteiger partial charge on any atom is -0.463 e. The average molecular weight is 210 g/mol. The molecule has 2 unspecified atom stereocenters. The van der Waals surface area contributed by atoms with Crippen LogP contribution in [0.5, 0.6) is 0 Å². The Kier molecular flexibility index (Phi) is 6.03. The maximum absolute atomic E-state index is 11.1. The van der Waals surface area contributed by atoms with E-state index < -0.39 is 17.4 Å². The number of nitrogens with two attached hydrogens (primary N) is 1. The SMILES string of the molecule is CC(C)C(N)C(=O)OCC(Cl)CO. The summed E-state index contributed by atoms with van der Waals surface area (Å²) in [6, 6.07) is -0.623. The molecule has 0 rings (SSSR count). The number of esters is 1. The van der Waals surface area contributed by atoms with Gasteiger partial charge in [-0.3, -0.25) is 4.79 Å². The summed E-state index contributed by atoms with van der Waals surface area (Å²) in [4.78, 5) is 11.1. The van der Waals surface area contributed by atoms with Crippen LogP contribution in [0.2, 0.25) is 0 Å². The maximum atomic E-state index is 11.1. The second-order valence-electron chi connectivity index (χ2n) is 3.18. The van der Waals surface area contributed by atoms with Gasteiger partial charge in [0.25, 0.3) is 0 Å². The summed E-state index contributed by atoms with van der Waals surface area (Å²) in [5.41, 5.74) is 5.51. The first kappa shape index (κ1) is 12.7. The van der Waals surface area contributed by atoms with Crippen molar-refractivity contribution in [3.8, 4) is 0 Å². The Morgan fingerprint density at radius 2 is 2.15 bits per heavy atom. The molecule has 0 aliphatic rings. The van der Waals surface area contributed by atoms with Crippen LogP contribution in [-0.2, 0) is 9.53 Å². The lowest BCUT2D eigenvalue weighted by Crippen LogP contribution is -2.38. The van der Waals surface area contributed by atoms with Gasteiger partial charge in [0.05, 0.1) is 12.0 Å². The zero-order valence-electron chi connectivity index (χ0n) is 7.87. The summed E-state index contributed by atoms with van der Waals surface area (Å²) in [5, 5.41) is 7.99. The third-order valence-electron chi connectivity index (χ3n) is 1.59. The molecule has 0 radical (unpaired) electrons. The first-order valence-electron chi connectivity index (χ1n) is 4.16. The fourth-order valence-electron chi connectivity index (χ4n) is 0.594. The van der Waals surface area contributed by atoms with Crippen molar-refractivity contribution in [3.05, 3.63) is 0 Å². The summed E-state index contributed by atoms with van der Waals surface area (Å²) in [5.74, 6) is -0.440. The molecule has 0 aliphatic carbocycles. The number of ether oxygens (including phenoxy) is 1. The van der Waals surface area contributed by atoms with Crippen LogP contribution >= 0.6 is 11.6 Å². The number of hydrogen-bond donors (Lipinski definition) is 2. The lowest BCUT2D eigenvalue weighted by molar-refractivity contribution is -0.146. The molecule has 0 aromatic carbocycles. The molecule has 0 saturated heterocycles. The van der Waals surface area contributed by atoms with Crippen LogP contribution in [0.4, 0.5) is 0 Å². The zero-order chi connectivity index (χ0) is 10.4. The van der Waals surface area contributed by atoms with Crippen molar-refractivity contribution in [1.29, 1.82) is 0 Å². The van der Waals surface area contributed by atoms with Gasteiger partial charge in [-0.05, 0) is 5.92 Å². The fraction of sp³-hybridized carbons (Fsp3) is 0.875. The van der Waals surface area contributed by atoms with Gasteiger partial charge in [0.2, 0.25) is 0 Å². The van der Waals surface area contributed by atoms with Crippen molar-refractivity contribution in [2.75, 3.05) is 13.2 Å². The van der Waals surface area contributed by atoms with E-state index >= 15 is 0 Å². The molecule has 3 N–H and O–H groups in total. The van der Waals surface area contributed by atoms with Gasteiger partial charge in [-0.25, -0.2) is 0 Å². The minimum absolute atomic E-state index is 0.00267. The van der Waals surface area contributed by atoms with Gasteiger partial charge < -0.3 is 15.6 Å². The van der Waals surface area contributed by atoms with E-state index in [1.54, 1.807) is 0 Å². The number of aliphatic hydroxyl groups is 1. The molecule has 0 amide bonds. The molecule has 4 nitrogen and oxygen atoms in total. The van der Waals surface area contributed by atoms with Crippen LogP contribution in [0.1, 0.15) is 13.8 Å². The molecule has 5 heteroatoms. The topological polar surface area (TPSA) is 72.6 Å². The number of aliphatic hydroxyl groups excluding tert-OH is 1. The summed E-state index contributed by atoms with van der Waals surface area (Å²) in [7, 11) is 0. The summed E-state index contributed by atoms with van der Waals surface area (Å²) in [6.45, 7) is 3.44. The third kappa shape index (κ3) is 5.08. The smallest absolute Gasteiger partial charge is 0.323 e. The molecule has 0 fully saturated rings. The second-order valence-corrected chi connectivity index (χ2v) is 3.80. The predicted octanol–water partition coefficient (Wildman–Crippen LogP) is 0.113. The van der Waals surface area contributed by atoms with Crippen molar-refractivity contribution in [3.63, 3.8) is 0 Å². The molecule has 0 heterocycles. The van der Waals surface area contributed by atoms with E-state index in [0.717, 1.165) is 0 Å². The van der Waals surface area contributed by atoms with Gasteiger partial charge in [-0.2, -0.15) is 0 Å². The Bertz CT molecular complexity index is 163. The Morgan fingerprint density at radius 3 is 2.54 bits per heavy atom. The van der Waals surface area contributed by atoms with Crippen molar-refractivity contribution in [1.82, 2.24) is 0 Å². The maximum Gasteiger partial charge on any atom is 0.323 e. The molecule has 0 bridgehead atoms. The Balaban J connectivity index is 3.74. The van der Waals surface area contributed by atoms with Crippen molar-refractivity contribution in [2.45, 2.75) is 25.3 Å². The fourth-order valence-corrected chi connectivity index (χ4v) is 0.657. The number of hydrogen-bond acceptors (Lipinski definition) is 4. The van der Waals surface area contributed by atoms with Crippen molar-refractivity contribution < 1.29 is 14.6 Å². The van der Waals surface area contributed by atoms with E-state index in [1.807, 2.05) is 13.8 Å². The molecule has 0 aromatic heterocycles. The molecule has 13 heavy (non-hydrogen) atoms. The highest BCUT2D eigenvalue weighted by Crippen LogP contribution is 2.02. The van der Waals surface area contributed by atoms with Crippen molar-refractivity contribution >= 4 is 17.6 Å². The van der Waals surface area contributed by atoms with E-state index in [-0.39, 0.29) is 19.1 Å². The Labute approximate surface area is 83.0 Å². The molecule has 0 aliphatic heterocycles. The molecular weight excluding hydrogens is 194 g/mol. The van der Waals surface area contributed by atoms with E-state index in [2.05, 4.69) is 0 Å². The number of halogens is 1. The zero-order valence-corrected chi connectivity index (χ0v) is 8.62. The number of alkyl halides is 1. The van der Waals surface area contributed by atoms with Crippen LogP contribution in [0.15, 0.2) is 0 Å². The van der Waals surface area contributed by atoms with Gasteiger partial charge in [-0.1, -0.05) is 13.8 Å². The largest absolute Gasteiger partial charge is 0.463 e. The molecule has 78 valence electrons. The van der Waals surface area contributed by atoms with Crippen LogP contribution in [0.25, 0.3) is 0 Å². The molecule has 0 saturated carbocycles. The lowest BCUT2D eigenvalue weighted by Gasteiger charge is -2.15. The first-order chi connectivity index (χ1) is 5.99. The van der Waals surface area contributed by atoms with Crippen LogP contribution in [0, 0.1) is 5.92 Å². The van der Waals surface area contributed by atoms with Crippen LogP contribution in [-0.4, -0.2) is 35.7 Å². The van der Waals surface area contributed by atoms with Gasteiger partial charge in [0, 0.05) is 0 Å². The van der Waals surface area contributed by atoms with Gasteiger partial charge in [0.15, 0.2) is 0 Å². The molecule has 2 atom stereocenters. The van der Waals surface area contributed by atoms with E-state index in [9.17, 15) is 4.79 Å². The molecular formula is C8H16ClNO3. The summed E-state index contributed by atoms with van der Waals surface area (Å²) in [6.07, 6.45) is 0. The van der Waals surface area contributed by atoms with Gasteiger partial charge in [-0.15, -0.1) is 11.6 Å². The average Bonchev–Trinajstić information content (AvgIpc) is 2.11. The first-order valence-corrected chi connectivity index (χ1v) is 4.59. The monoisotopic (exact) mass is 209 g/mol. The Hall–Kier alpha value is -0.320. The summed E-state index contributed by atoms with van der Waals surface area (Å²) < 4.78 is 4.76. The standard InChI is InChI=1S/C8H16ClNO3/c1-5(2)7(10)8(12)13-4-6(9)3-11/h5-7,11H,3-4,10H2,1-2H3.